The van der Waals surface area contributed by atoms with Gasteiger partial charge in [-0.05, 0) is 17.7 Å². The summed E-state index contributed by atoms with van der Waals surface area (Å²) in [4.78, 5) is 7.87. The first kappa shape index (κ1) is 13.1. The summed E-state index contributed by atoms with van der Waals surface area (Å²) in [5.74, 6) is 5.76. The molecule has 0 amide bonds. The molecule has 1 aromatic carbocycles. The fourth-order valence-electron chi connectivity index (χ4n) is 1.25. The van der Waals surface area contributed by atoms with Gasteiger partial charge in [-0.1, -0.05) is 39.7 Å². The molecular formula is C11H10BrClN4O. The fraction of sp³-hybridized carbons (Fsp3) is 0.0909. The molecule has 5 nitrogen and oxygen atoms in total. The number of benzene rings is 1. The number of anilines is 1. The second-order valence-electron chi connectivity index (χ2n) is 3.41. The largest absolute Gasteiger partial charge is 0.472 e. The van der Waals surface area contributed by atoms with Gasteiger partial charge in [0.25, 0.3) is 0 Å². The van der Waals surface area contributed by atoms with Crippen molar-refractivity contribution in [2.75, 3.05) is 5.43 Å². The molecule has 0 atom stereocenters. The number of nitrogens with two attached hydrogens (primary N) is 1. The minimum atomic E-state index is 0.255. The fourth-order valence-corrected chi connectivity index (χ4v) is 1.66. The summed E-state index contributed by atoms with van der Waals surface area (Å²) in [6, 6.07) is 7.77. The number of nitrogen functional groups attached to an aromatic ring is 1. The van der Waals surface area contributed by atoms with E-state index < -0.39 is 0 Å². The van der Waals surface area contributed by atoms with Crippen LogP contribution in [0.15, 0.2) is 34.9 Å². The first-order valence-corrected chi connectivity index (χ1v) is 6.22. The molecule has 0 aliphatic carbocycles. The standard InChI is InChI=1S/C11H10BrClN4O/c12-8-3-1-7(2-4-8)6-18-10-9(13)5-15-11(16-10)17-14/h1-5H,6,14H2,(H,15,16,17). The van der Waals surface area contributed by atoms with Crippen LogP contribution in [-0.2, 0) is 6.61 Å². The Morgan fingerprint density at radius 1 is 1.33 bits per heavy atom. The van der Waals surface area contributed by atoms with E-state index in [2.05, 4.69) is 31.3 Å². The Balaban J connectivity index is 2.07. The SMILES string of the molecule is NNc1ncc(Cl)c(OCc2ccc(Br)cc2)n1. The molecule has 0 bridgehead atoms. The molecule has 18 heavy (non-hydrogen) atoms. The molecule has 2 rings (SSSR count). The van der Waals surface area contributed by atoms with Gasteiger partial charge in [-0.2, -0.15) is 4.98 Å². The summed E-state index contributed by atoms with van der Waals surface area (Å²) in [5.41, 5.74) is 3.34. The van der Waals surface area contributed by atoms with Crippen molar-refractivity contribution in [3.63, 3.8) is 0 Å². The number of aromatic nitrogens is 2. The van der Waals surface area contributed by atoms with E-state index in [0.29, 0.717) is 17.5 Å². The maximum Gasteiger partial charge on any atom is 0.240 e. The van der Waals surface area contributed by atoms with Gasteiger partial charge in [-0.25, -0.2) is 10.8 Å². The number of hydrazine groups is 1. The molecule has 1 heterocycles. The Morgan fingerprint density at radius 2 is 2.06 bits per heavy atom. The van der Waals surface area contributed by atoms with Gasteiger partial charge in [0.1, 0.15) is 11.6 Å². The topological polar surface area (TPSA) is 73.1 Å². The molecule has 0 fully saturated rings. The molecule has 0 radical (unpaired) electrons. The number of halogens is 2. The zero-order valence-electron chi connectivity index (χ0n) is 9.23. The smallest absolute Gasteiger partial charge is 0.240 e. The van der Waals surface area contributed by atoms with Crippen molar-refractivity contribution >= 4 is 33.5 Å². The lowest BCUT2D eigenvalue weighted by Crippen LogP contribution is -2.11. The third kappa shape index (κ3) is 3.32. The van der Waals surface area contributed by atoms with Crippen molar-refractivity contribution in [2.45, 2.75) is 6.61 Å². The zero-order valence-corrected chi connectivity index (χ0v) is 11.6. The molecule has 0 aliphatic rings. The van der Waals surface area contributed by atoms with Gasteiger partial charge in [-0.3, -0.25) is 5.43 Å². The van der Waals surface area contributed by atoms with E-state index >= 15 is 0 Å². The predicted octanol–water partition coefficient (Wildman–Crippen LogP) is 2.76. The first-order valence-electron chi connectivity index (χ1n) is 5.05. The Morgan fingerprint density at radius 3 is 2.72 bits per heavy atom. The van der Waals surface area contributed by atoms with Crippen molar-refractivity contribution < 1.29 is 4.74 Å². The van der Waals surface area contributed by atoms with Gasteiger partial charge in [0.15, 0.2) is 0 Å². The maximum atomic E-state index is 5.92. The lowest BCUT2D eigenvalue weighted by Gasteiger charge is -2.08. The van der Waals surface area contributed by atoms with Crippen LogP contribution in [0.4, 0.5) is 5.95 Å². The van der Waals surface area contributed by atoms with E-state index in [1.165, 1.54) is 6.20 Å². The molecule has 94 valence electrons. The first-order chi connectivity index (χ1) is 8.69. The molecule has 1 aromatic heterocycles. The number of nitrogens with zero attached hydrogens (tertiary/aromatic N) is 2. The van der Waals surface area contributed by atoms with Crippen LogP contribution in [-0.4, -0.2) is 9.97 Å². The summed E-state index contributed by atoms with van der Waals surface area (Å²) in [6.07, 6.45) is 1.43. The third-order valence-electron chi connectivity index (χ3n) is 2.13. The number of rotatable bonds is 4. The maximum absolute atomic E-state index is 5.92. The molecule has 0 aliphatic heterocycles. The molecule has 0 spiro atoms. The van der Waals surface area contributed by atoms with Gasteiger partial charge in [0, 0.05) is 4.47 Å². The summed E-state index contributed by atoms with van der Waals surface area (Å²) in [7, 11) is 0. The van der Waals surface area contributed by atoms with Crippen LogP contribution >= 0.6 is 27.5 Å². The summed E-state index contributed by atoms with van der Waals surface area (Å²) >= 11 is 9.29. The van der Waals surface area contributed by atoms with Gasteiger partial charge >= 0.3 is 0 Å². The molecule has 7 heteroatoms. The Bertz CT molecular complexity index is 535. The van der Waals surface area contributed by atoms with Crippen molar-refractivity contribution in [2.24, 2.45) is 5.84 Å². The quantitative estimate of drug-likeness (QED) is 0.666. The highest BCUT2D eigenvalue weighted by Gasteiger charge is 2.06. The van der Waals surface area contributed by atoms with E-state index in [1.54, 1.807) is 0 Å². The minimum Gasteiger partial charge on any atom is -0.472 e. The second kappa shape index (κ2) is 5.99. The van der Waals surface area contributed by atoms with Crippen LogP contribution in [0.1, 0.15) is 5.56 Å². The van der Waals surface area contributed by atoms with Crippen molar-refractivity contribution in [3.05, 3.63) is 45.5 Å². The van der Waals surface area contributed by atoms with Crippen molar-refractivity contribution in [3.8, 4) is 5.88 Å². The van der Waals surface area contributed by atoms with Crippen LogP contribution < -0.4 is 16.0 Å². The summed E-state index contributed by atoms with van der Waals surface area (Å²) in [5, 5.41) is 0.339. The summed E-state index contributed by atoms with van der Waals surface area (Å²) < 4.78 is 6.53. The normalized spacial score (nSPS) is 10.2. The molecule has 0 saturated heterocycles. The molecule has 0 unspecified atom stereocenters. The Hall–Kier alpha value is -1.37. The number of hydrogen-bond donors (Lipinski definition) is 2. The van der Waals surface area contributed by atoms with E-state index in [1.807, 2.05) is 24.3 Å². The second-order valence-corrected chi connectivity index (χ2v) is 4.73. The van der Waals surface area contributed by atoms with Crippen LogP contribution in [0.5, 0.6) is 5.88 Å². The van der Waals surface area contributed by atoms with Crippen LogP contribution in [0.2, 0.25) is 5.02 Å². The van der Waals surface area contributed by atoms with E-state index in [-0.39, 0.29) is 5.95 Å². The highest BCUT2D eigenvalue weighted by Crippen LogP contribution is 2.22. The van der Waals surface area contributed by atoms with Crippen LogP contribution in [0.25, 0.3) is 0 Å². The van der Waals surface area contributed by atoms with Gasteiger partial charge in [0.2, 0.25) is 11.8 Å². The molecular weight excluding hydrogens is 320 g/mol. The van der Waals surface area contributed by atoms with Gasteiger partial charge in [-0.15, -0.1) is 0 Å². The van der Waals surface area contributed by atoms with Crippen LogP contribution in [0, 0.1) is 0 Å². The Kier molecular flexibility index (Phi) is 4.35. The summed E-state index contributed by atoms with van der Waals surface area (Å²) in [6.45, 7) is 0.369. The predicted molar refractivity (Wildman–Crippen MR) is 73.3 cm³/mol. The average molecular weight is 330 g/mol. The highest BCUT2D eigenvalue weighted by molar-refractivity contribution is 9.10. The average Bonchev–Trinajstić information content (AvgIpc) is 2.40. The number of ether oxygens (including phenoxy) is 1. The van der Waals surface area contributed by atoms with Gasteiger partial charge < -0.3 is 4.74 Å². The molecule has 3 N–H and O–H groups in total. The van der Waals surface area contributed by atoms with E-state index in [4.69, 9.17) is 22.2 Å². The van der Waals surface area contributed by atoms with Gasteiger partial charge in [0.05, 0.1) is 6.20 Å². The number of hydrogen-bond acceptors (Lipinski definition) is 5. The third-order valence-corrected chi connectivity index (χ3v) is 2.92. The molecule has 2 aromatic rings. The highest BCUT2D eigenvalue weighted by atomic mass is 79.9. The minimum absolute atomic E-state index is 0.255. The monoisotopic (exact) mass is 328 g/mol. The van der Waals surface area contributed by atoms with E-state index in [9.17, 15) is 0 Å². The van der Waals surface area contributed by atoms with E-state index in [0.717, 1.165) is 10.0 Å². The Labute approximate surface area is 117 Å². The zero-order chi connectivity index (χ0) is 13.0. The lowest BCUT2D eigenvalue weighted by atomic mass is 10.2. The molecule has 0 saturated carbocycles. The van der Waals surface area contributed by atoms with Crippen molar-refractivity contribution in [1.82, 2.24) is 9.97 Å². The van der Waals surface area contributed by atoms with Crippen LogP contribution in [0.3, 0.4) is 0 Å². The van der Waals surface area contributed by atoms with Crippen molar-refractivity contribution in [1.29, 1.82) is 0 Å². The number of nitrogens with one attached hydrogen (secondary N) is 1. The lowest BCUT2D eigenvalue weighted by molar-refractivity contribution is 0.294.